The van der Waals surface area contributed by atoms with Gasteiger partial charge in [-0.1, -0.05) is 42.5 Å². The van der Waals surface area contributed by atoms with E-state index < -0.39 is 42.5 Å². The van der Waals surface area contributed by atoms with Crippen molar-refractivity contribution in [2.24, 2.45) is 0 Å². The van der Waals surface area contributed by atoms with Crippen LogP contribution in [0.2, 0.25) is 0 Å². The number of benzene rings is 3. The zero-order chi connectivity index (χ0) is 26.7. The number of alkyl halides is 8. The van der Waals surface area contributed by atoms with Gasteiger partial charge in [0.25, 0.3) is 0 Å². The smallest absolute Gasteiger partial charge is 0.457 e. The van der Waals surface area contributed by atoms with E-state index in [0.29, 0.717) is 17.9 Å². The first-order chi connectivity index (χ1) is 16.7. The van der Waals surface area contributed by atoms with Gasteiger partial charge < -0.3 is 14.7 Å². The standard InChI is InChI=1S/C25H21F8NO2/c1-16(22(35)24(28,29)30)34(15-17-7-5-8-18(13-17)23(26,27)25(31,32)33)19-9-6-12-21(14-19)36-20-10-3-2-4-11-20/h2-14,16,22,35H,15H2,1H3. The molecule has 3 nitrogen and oxygen atoms in total. The first kappa shape index (κ1) is 27.3. The monoisotopic (exact) mass is 519 g/mol. The first-order valence-corrected chi connectivity index (χ1v) is 10.6. The quantitative estimate of drug-likeness (QED) is 0.314. The predicted octanol–water partition coefficient (Wildman–Crippen LogP) is 7.45. The van der Waals surface area contributed by atoms with Crippen LogP contribution in [-0.4, -0.2) is 29.6 Å². The normalized spacial score (nSPS) is 14.3. The minimum Gasteiger partial charge on any atom is -0.457 e. The molecular weight excluding hydrogens is 498 g/mol. The Morgan fingerprint density at radius 2 is 1.39 bits per heavy atom. The molecule has 0 aliphatic heterocycles. The van der Waals surface area contributed by atoms with Crippen LogP contribution in [0.15, 0.2) is 78.9 Å². The molecule has 0 bridgehead atoms. The number of hydrogen-bond donors (Lipinski definition) is 1. The molecule has 0 radical (unpaired) electrons. The highest BCUT2D eigenvalue weighted by atomic mass is 19.4. The van der Waals surface area contributed by atoms with Gasteiger partial charge in [-0.25, -0.2) is 0 Å². The number of halogens is 8. The van der Waals surface area contributed by atoms with Crippen molar-refractivity contribution in [1.82, 2.24) is 0 Å². The highest BCUT2D eigenvalue weighted by Crippen LogP contribution is 2.44. The van der Waals surface area contributed by atoms with E-state index in [1.54, 1.807) is 30.3 Å². The molecule has 0 fully saturated rings. The Morgan fingerprint density at radius 1 is 0.778 bits per heavy atom. The molecule has 3 aromatic carbocycles. The minimum atomic E-state index is -5.85. The number of rotatable bonds is 8. The van der Waals surface area contributed by atoms with Gasteiger partial charge in [-0.15, -0.1) is 0 Å². The van der Waals surface area contributed by atoms with Crippen LogP contribution < -0.4 is 9.64 Å². The zero-order valence-electron chi connectivity index (χ0n) is 18.7. The second-order valence-electron chi connectivity index (χ2n) is 8.04. The van der Waals surface area contributed by atoms with Crippen molar-refractivity contribution < 1.29 is 45.0 Å². The van der Waals surface area contributed by atoms with E-state index in [0.717, 1.165) is 17.9 Å². The number of nitrogens with zero attached hydrogens (tertiary/aromatic N) is 1. The van der Waals surface area contributed by atoms with Crippen molar-refractivity contribution >= 4 is 5.69 Å². The lowest BCUT2D eigenvalue weighted by Crippen LogP contribution is -2.48. The summed E-state index contributed by atoms with van der Waals surface area (Å²) in [5.41, 5.74) is -1.35. The molecule has 11 heteroatoms. The van der Waals surface area contributed by atoms with Crippen LogP contribution in [-0.2, 0) is 12.5 Å². The fourth-order valence-electron chi connectivity index (χ4n) is 3.49. The summed E-state index contributed by atoms with van der Waals surface area (Å²) in [6, 6.07) is 15.9. The van der Waals surface area contributed by atoms with Crippen molar-refractivity contribution in [3.05, 3.63) is 90.0 Å². The Hall–Kier alpha value is -3.34. The second-order valence-corrected chi connectivity index (χ2v) is 8.04. The molecule has 3 rings (SSSR count). The number of anilines is 1. The van der Waals surface area contributed by atoms with Gasteiger partial charge in [-0.05, 0) is 42.8 Å². The van der Waals surface area contributed by atoms with Crippen LogP contribution in [0.4, 0.5) is 40.8 Å². The topological polar surface area (TPSA) is 32.7 Å². The molecule has 0 spiro atoms. The Morgan fingerprint density at radius 3 is 2.00 bits per heavy atom. The zero-order valence-corrected chi connectivity index (χ0v) is 18.7. The van der Waals surface area contributed by atoms with Gasteiger partial charge in [0.1, 0.15) is 11.5 Å². The van der Waals surface area contributed by atoms with E-state index in [-0.39, 0.29) is 17.0 Å². The van der Waals surface area contributed by atoms with Crippen LogP contribution in [0.3, 0.4) is 0 Å². The molecule has 36 heavy (non-hydrogen) atoms. The number of ether oxygens (including phenoxy) is 1. The van der Waals surface area contributed by atoms with Gasteiger partial charge in [-0.3, -0.25) is 0 Å². The largest absolute Gasteiger partial charge is 0.458 e. The number of aliphatic hydroxyl groups is 1. The molecule has 0 aromatic heterocycles. The third-order valence-corrected chi connectivity index (χ3v) is 5.41. The molecule has 0 aliphatic rings. The van der Waals surface area contributed by atoms with Gasteiger partial charge in [0, 0.05) is 23.9 Å². The summed E-state index contributed by atoms with van der Waals surface area (Å²) in [4.78, 5) is 1.06. The maximum atomic E-state index is 13.9. The summed E-state index contributed by atoms with van der Waals surface area (Å²) >= 11 is 0. The lowest BCUT2D eigenvalue weighted by molar-refractivity contribution is -0.289. The van der Waals surface area contributed by atoms with Crippen molar-refractivity contribution in [1.29, 1.82) is 0 Å². The summed E-state index contributed by atoms with van der Waals surface area (Å²) in [6.45, 7) is 0.557. The molecule has 0 heterocycles. The van der Waals surface area contributed by atoms with Gasteiger partial charge >= 0.3 is 18.3 Å². The minimum absolute atomic E-state index is 0.118. The molecular formula is C25H21F8NO2. The molecule has 194 valence electrons. The Labute approximate surface area is 201 Å². The van der Waals surface area contributed by atoms with Crippen molar-refractivity contribution in [2.75, 3.05) is 4.90 Å². The fraction of sp³-hybridized carbons (Fsp3) is 0.280. The van der Waals surface area contributed by atoms with Crippen LogP contribution in [0.1, 0.15) is 18.1 Å². The lowest BCUT2D eigenvalue weighted by atomic mass is 10.0. The maximum absolute atomic E-state index is 13.9. The summed E-state index contributed by atoms with van der Waals surface area (Å²) in [5, 5.41) is 9.89. The van der Waals surface area contributed by atoms with Crippen LogP contribution in [0.5, 0.6) is 11.5 Å². The first-order valence-electron chi connectivity index (χ1n) is 10.6. The van der Waals surface area contributed by atoms with E-state index in [2.05, 4.69) is 0 Å². The van der Waals surface area contributed by atoms with Gasteiger partial charge in [0.2, 0.25) is 0 Å². The van der Waals surface area contributed by atoms with Crippen LogP contribution in [0.25, 0.3) is 0 Å². The maximum Gasteiger partial charge on any atom is 0.458 e. The summed E-state index contributed by atoms with van der Waals surface area (Å²) in [6.07, 6.45) is -13.7. The van der Waals surface area contributed by atoms with Crippen molar-refractivity contribution in [3.63, 3.8) is 0 Å². The third kappa shape index (κ3) is 6.26. The van der Waals surface area contributed by atoms with E-state index >= 15 is 0 Å². The Kier molecular flexibility index (Phi) is 7.82. The predicted molar refractivity (Wildman–Crippen MR) is 117 cm³/mol. The molecule has 0 saturated heterocycles. The average molecular weight is 519 g/mol. The molecule has 2 unspecified atom stereocenters. The Balaban J connectivity index is 1.99. The van der Waals surface area contributed by atoms with Gasteiger partial charge in [-0.2, -0.15) is 35.1 Å². The fourth-order valence-corrected chi connectivity index (χ4v) is 3.49. The van der Waals surface area contributed by atoms with E-state index in [1.165, 1.54) is 30.3 Å². The van der Waals surface area contributed by atoms with Crippen LogP contribution >= 0.6 is 0 Å². The lowest BCUT2D eigenvalue weighted by Gasteiger charge is -2.35. The van der Waals surface area contributed by atoms with Gasteiger partial charge in [0.15, 0.2) is 6.10 Å². The highest BCUT2D eigenvalue weighted by Gasteiger charge is 2.58. The summed E-state index contributed by atoms with van der Waals surface area (Å²) in [7, 11) is 0. The Bertz CT molecular complexity index is 1150. The molecule has 3 aromatic rings. The molecule has 1 N–H and O–H groups in total. The van der Waals surface area contributed by atoms with Crippen LogP contribution in [0, 0.1) is 0 Å². The van der Waals surface area contributed by atoms with Crippen molar-refractivity contribution in [3.8, 4) is 11.5 Å². The van der Waals surface area contributed by atoms with E-state index in [9.17, 15) is 40.2 Å². The second kappa shape index (κ2) is 10.3. The van der Waals surface area contributed by atoms with E-state index in [4.69, 9.17) is 4.74 Å². The molecule has 0 aliphatic carbocycles. The van der Waals surface area contributed by atoms with Crippen molar-refractivity contribution in [2.45, 2.75) is 43.9 Å². The number of hydrogen-bond acceptors (Lipinski definition) is 3. The average Bonchev–Trinajstić information content (AvgIpc) is 2.81. The van der Waals surface area contributed by atoms with Gasteiger partial charge in [0.05, 0.1) is 6.04 Å². The molecule has 0 amide bonds. The third-order valence-electron chi connectivity index (χ3n) is 5.41. The van der Waals surface area contributed by atoms with E-state index in [1.807, 2.05) is 0 Å². The SMILES string of the molecule is CC(C(O)C(F)(F)F)N(Cc1cccc(C(F)(F)C(F)(F)F)c1)c1cccc(Oc2ccccc2)c1. The highest BCUT2D eigenvalue weighted by molar-refractivity contribution is 5.53. The summed E-state index contributed by atoms with van der Waals surface area (Å²) < 4.78 is 112. The number of aliphatic hydroxyl groups excluding tert-OH is 1. The molecule has 0 saturated carbocycles. The molecule has 2 atom stereocenters. The number of para-hydroxylation sites is 1. The summed E-state index contributed by atoms with van der Waals surface area (Å²) in [5.74, 6) is -4.49.